The molecule has 0 aliphatic carbocycles. The molecular weight excluding hydrogens is 340 g/mol. The molecule has 10 heteroatoms. The van der Waals surface area contributed by atoms with E-state index in [4.69, 9.17) is 19.8 Å². The third kappa shape index (κ3) is 9.70. The number of carboxylic acid groups (broad SMARTS) is 2. The van der Waals surface area contributed by atoms with Crippen LogP contribution in [0.5, 0.6) is 0 Å². The molecule has 26 heavy (non-hydrogen) atoms. The van der Waals surface area contributed by atoms with Crippen molar-refractivity contribution in [2.45, 2.75) is 52.6 Å². The van der Waals surface area contributed by atoms with Crippen molar-refractivity contribution in [3.05, 3.63) is 0 Å². The summed E-state index contributed by atoms with van der Waals surface area (Å²) in [5.41, 5.74) is -0.792. The molecule has 10 nitrogen and oxygen atoms in total. The normalized spacial score (nSPS) is 16.2. The van der Waals surface area contributed by atoms with Crippen molar-refractivity contribution in [3.63, 3.8) is 0 Å². The first-order valence-electron chi connectivity index (χ1n) is 8.29. The van der Waals surface area contributed by atoms with Gasteiger partial charge in [0.2, 0.25) is 0 Å². The van der Waals surface area contributed by atoms with E-state index in [-0.39, 0.29) is 0 Å². The Morgan fingerprint density at radius 3 is 1.31 bits per heavy atom. The summed E-state index contributed by atoms with van der Waals surface area (Å²) in [6, 6.07) is 0. The number of nitrogens with zero attached hydrogens (tertiary/aromatic N) is 4. The van der Waals surface area contributed by atoms with Crippen molar-refractivity contribution in [3.8, 4) is 0 Å². The summed E-state index contributed by atoms with van der Waals surface area (Å²) in [4.78, 5) is 26.8. The number of aliphatic carboxylic acids is 2. The topological polar surface area (TPSA) is 148 Å². The Balaban J connectivity index is 0.000000662. The number of rotatable bonds is 4. The van der Waals surface area contributed by atoms with Crippen molar-refractivity contribution >= 4 is 23.6 Å². The van der Waals surface area contributed by atoms with Gasteiger partial charge in [0.15, 0.2) is 0 Å². The van der Waals surface area contributed by atoms with E-state index < -0.39 is 23.0 Å². The van der Waals surface area contributed by atoms with Crippen LogP contribution in [-0.2, 0) is 9.59 Å². The van der Waals surface area contributed by atoms with Gasteiger partial charge in [0.05, 0.1) is 13.1 Å². The lowest BCUT2D eigenvalue weighted by Crippen LogP contribution is -2.41. The minimum Gasteiger partial charge on any atom is -0.481 e. The Bertz CT molecular complexity index is 523. The number of carbonyl (C=O) groups is 2. The summed E-state index contributed by atoms with van der Waals surface area (Å²) < 4.78 is 0. The second-order valence-electron chi connectivity index (χ2n) is 6.67. The minimum atomic E-state index is -0.833. The van der Waals surface area contributed by atoms with E-state index in [1.807, 2.05) is 27.7 Å². The highest BCUT2D eigenvalue weighted by Gasteiger charge is 2.31. The molecule has 4 N–H and O–H groups in total. The molecule has 0 aromatic heterocycles. The summed E-state index contributed by atoms with van der Waals surface area (Å²) in [5, 5.41) is 30.3. The summed E-state index contributed by atoms with van der Waals surface area (Å²) in [6.45, 7) is 13.7. The van der Waals surface area contributed by atoms with Crippen molar-refractivity contribution in [2.24, 2.45) is 20.2 Å². The quantitative estimate of drug-likeness (QED) is 0.546. The molecule has 0 amide bonds. The first-order valence-corrected chi connectivity index (χ1v) is 8.29. The number of aliphatic imine (C=N–C) groups is 2. The van der Waals surface area contributed by atoms with Gasteiger partial charge in [-0.2, -0.15) is 10.2 Å². The Morgan fingerprint density at radius 2 is 1.12 bits per heavy atom. The lowest BCUT2D eigenvalue weighted by Gasteiger charge is -2.23. The molecule has 2 aliphatic rings. The van der Waals surface area contributed by atoms with Gasteiger partial charge < -0.3 is 20.8 Å². The van der Waals surface area contributed by atoms with Crippen LogP contribution in [0, 0.1) is 0 Å². The van der Waals surface area contributed by atoms with E-state index in [2.05, 4.69) is 30.8 Å². The second kappa shape index (κ2) is 10.5. The molecule has 148 valence electrons. The maximum Gasteiger partial charge on any atom is 0.300 e. The number of hydrogen-bond acceptors (Lipinski definition) is 8. The number of azo groups is 1. The fraction of sp³-hybridized carbons (Fsp3) is 0.750. The lowest BCUT2D eigenvalue weighted by atomic mass is 10.0. The minimum absolute atomic E-state index is 0.396. The zero-order chi connectivity index (χ0) is 20.4. The predicted octanol–water partition coefficient (Wildman–Crippen LogP) is 1.18. The van der Waals surface area contributed by atoms with Crippen LogP contribution >= 0.6 is 0 Å². The number of carboxylic acids is 2. The van der Waals surface area contributed by atoms with Crippen molar-refractivity contribution in [2.75, 3.05) is 26.2 Å². The second-order valence-corrected chi connectivity index (χ2v) is 6.67. The van der Waals surface area contributed by atoms with E-state index >= 15 is 0 Å². The summed E-state index contributed by atoms with van der Waals surface area (Å²) >= 11 is 0. The summed E-state index contributed by atoms with van der Waals surface area (Å²) in [7, 11) is 0. The monoisotopic (exact) mass is 370 g/mol. The number of amidine groups is 2. The molecule has 2 aliphatic heterocycles. The number of nitrogens with one attached hydrogen (secondary N) is 2. The Kier molecular flexibility index (Phi) is 9.45. The van der Waals surface area contributed by atoms with Crippen molar-refractivity contribution < 1.29 is 19.8 Å². The van der Waals surface area contributed by atoms with Crippen molar-refractivity contribution in [1.29, 1.82) is 0 Å². The summed E-state index contributed by atoms with van der Waals surface area (Å²) in [6.07, 6.45) is 0. The third-order valence-electron chi connectivity index (χ3n) is 3.06. The molecule has 0 bridgehead atoms. The van der Waals surface area contributed by atoms with Crippen LogP contribution < -0.4 is 10.6 Å². The van der Waals surface area contributed by atoms with Crippen LogP contribution in [0.25, 0.3) is 0 Å². The van der Waals surface area contributed by atoms with Crippen LogP contribution in [-0.4, -0.2) is 71.1 Å². The predicted molar refractivity (Wildman–Crippen MR) is 100 cm³/mol. The van der Waals surface area contributed by atoms with Crippen LogP contribution in [0.1, 0.15) is 41.5 Å². The van der Waals surface area contributed by atoms with Gasteiger partial charge in [-0.15, -0.1) is 0 Å². The van der Waals surface area contributed by atoms with Gasteiger partial charge in [-0.05, 0) is 27.7 Å². The zero-order valence-corrected chi connectivity index (χ0v) is 16.3. The fourth-order valence-electron chi connectivity index (χ4n) is 1.96. The Morgan fingerprint density at radius 1 is 0.846 bits per heavy atom. The Hall–Kier alpha value is -2.52. The largest absolute Gasteiger partial charge is 0.481 e. The van der Waals surface area contributed by atoms with Gasteiger partial charge in [0, 0.05) is 26.9 Å². The molecule has 0 aromatic carbocycles. The molecular formula is C16H30N6O4. The molecule has 2 rings (SSSR count). The highest BCUT2D eigenvalue weighted by molar-refractivity contribution is 5.93. The highest BCUT2D eigenvalue weighted by atomic mass is 16.4. The molecule has 0 atom stereocenters. The molecule has 0 aromatic rings. The van der Waals surface area contributed by atoms with Crippen molar-refractivity contribution in [1.82, 2.24) is 10.6 Å². The SMILES string of the molecule is CC(=O)O.CC(=O)O.CC(C)(N=NC(C)(C)C1=NCCN1)C1=NCCN1. The average molecular weight is 370 g/mol. The standard InChI is InChI=1S/C12H22N6.2C2H4O2/c1-11(2,9-13-5-6-14-9)17-18-12(3,4)10-15-7-8-16-10;2*1-2(3)4/h5-8H2,1-4H3,(H,13,14)(H,15,16);2*1H3,(H,3,4). The first-order chi connectivity index (χ1) is 11.9. The van der Waals surface area contributed by atoms with Gasteiger partial charge in [0.1, 0.15) is 22.7 Å². The van der Waals surface area contributed by atoms with Crippen LogP contribution in [0.15, 0.2) is 20.2 Å². The van der Waals surface area contributed by atoms with Gasteiger partial charge in [0.25, 0.3) is 11.9 Å². The maximum absolute atomic E-state index is 9.00. The molecule has 0 fully saturated rings. The lowest BCUT2D eigenvalue weighted by molar-refractivity contribution is -0.135. The van der Waals surface area contributed by atoms with E-state index in [9.17, 15) is 0 Å². The van der Waals surface area contributed by atoms with Gasteiger partial charge in [-0.1, -0.05) is 0 Å². The van der Waals surface area contributed by atoms with E-state index in [1.54, 1.807) is 0 Å². The first kappa shape index (κ1) is 23.5. The fourth-order valence-corrected chi connectivity index (χ4v) is 1.96. The maximum atomic E-state index is 9.00. The smallest absolute Gasteiger partial charge is 0.300 e. The molecule has 0 saturated carbocycles. The molecule has 2 heterocycles. The van der Waals surface area contributed by atoms with Crippen LogP contribution in [0.4, 0.5) is 0 Å². The number of hydrogen-bond donors (Lipinski definition) is 4. The third-order valence-corrected chi connectivity index (χ3v) is 3.06. The van der Waals surface area contributed by atoms with Crippen LogP contribution in [0.3, 0.4) is 0 Å². The van der Waals surface area contributed by atoms with Crippen LogP contribution in [0.2, 0.25) is 0 Å². The highest BCUT2D eigenvalue weighted by Crippen LogP contribution is 2.19. The average Bonchev–Trinajstić information content (AvgIpc) is 3.17. The van der Waals surface area contributed by atoms with E-state index in [1.165, 1.54) is 0 Å². The van der Waals surface area contributed by atoms with Gasteiger partial charge in [-0.3, -0.25) is 19.6 Å². The molecule has 0 spiro atoms. The van der Waals surface area contributed by atoms with Gasteiger partial charge >= 0.3 is 0 Å². The summed E-state index contributed by atoms with van der Waals surface area (Å²) in [5.74, 6) is 0.173. The van der Waals surface area contributed by atoms with Gasteiger partial charge in [-0.25, -0.2) is 0 Å². The molecule has 0 radical (unpaired) electrons. The molecule has 0 unspecified atom stereocenters. The molecule has 0 saturated heterocycles. The van der Waals surface area contributed by atoms with E-state index in [0.717, 1.165) is 51.7 Å². The Labute approximate surface area is 153 Å². The zero-order valence-electron chi connectivity index (χ0n) is 16.3. The van der Waals surface area contributed by atoms with E-state index in [0.29, 0.717) is 0 Å².